The Morgan fingerprint density at radius 1 is 1.35 bits per heavy atom. The van der Waals surface area contributed by atoms with Crippen LogP contribution >= 0.6 is 0 Å². The zero-order valence-electron chi connectivity index (χ0n) is 10.5. The third-order valence-electron chi connectivity index (χ3n) is 3.20. The molecule has 2 rings (SSSR count). The van der Waals surface area contributed by atoms with Gasteiger partial charge >= 0.3 is 0 Å². The molecule has 1 aliphatic heterocycles. The van der Waals surface area contributed by atoms with Gasteiger partial charge in [0.25, 0.3) is 0 Å². The van der Waals surface area contributed by atoms with Gasteiger partial charge in [0.2, 0.25) is 0 Å². The van der Waals surface area contributed by atoms with Crippen molar-refractivity contribution < 1.29 is 0 Å². The topological polar surface area (TPSA) is 15.3 Å². The number of benzene rings is 1. The molecular formula is C15H20N2. The minimum absolute atomic E-state index is 1.06. The summed E-state index contributed by atoms with van der Waals surface area (Å²) in [4.78, 5) is 2.41. The van der Waals surface area contributed by atoms with Crippen molar-refractivity contribution in [3.05, 3.63) is 42.5 Å². The maximum atomic E-state index is 4.00. The number of hydrogen-bond donors (Lipinski definition) is 1. The number of anilines is 1. The van der Waals surface area contributed by atoms with E-state index < -0.39 is 0 Å². The molecule has 0 amide bonds. The maximum Gasteiger partial charge on any atom is 0.0373 e. The molecule has 0 saturated carbocycles. The third kappa shape index (κ3) is 2.59. The fourth-order valence-electron chi connectivity index (χ4n) is 2.23. The highest BCUT2D eigenvalue weighted by Crippen LogP contribution is 2.25. The molecule has 2 nitrogen and oxygen atoms in total. The zero-order valence-corrected chi connectivity index (χ0v) is 10.5. The summed E-state index contributed by atoms with van der Waals surface area (Å²) in [7, 11) is 0. The van der Waals surface area contributed by atoms with Gasteiger partial charge in [0.15, 0.2) is 0 Å². The molecule has 2 heteroatoms. The molecule has 1 N–H and O–H groups in total. The number of hydrogen-bond acceptors (Lipinski definition) is 2. The van der Waals surface area contributed by atoms with Crippen LogP contribution in [0.4, 0.5) is 5.69 Å². The van der Waals surface area contributed by atoms with Crippen LogP contribution in [-0.4, -0.2) is 26.2 Å². The minimum atomic E-state index is 1.06. The van der Waals surface area contributed by atoms with Crippen LogP contribution in [0.5, 0.6) is 0 Å². The number of rotatable bonds is 3. The first-order valence-electron chi connectivity index (χ1n) is 6.10. The first-order chi connectivity index (χ1) is 8.22. The van der Waals surface area contributed by atoms with E-state index in [1.54, 1.807) is 0 Å². The summed E-state index contributed by atoms with van der Waals surface area (Å²) in [5.74, 6) is 0. The lowest BCUT2D eigenvalue weighted by molar-refractivity contribution is 0.589. The summed E-state index contributed by atoms with van der Waals surface area (Å²) in [6.45, 7) is 14.2. The van der Waals surface area contributed by atoms with Crippen LogP contribution in [0.25, 0.3) is 11.6 Å². The third-order valence-corrected chi connectivity index (χ3v) is 3.20. The van der Waals surface area contributed by atoms with E-state index in [4.69, 9.17) is 0 Å². The van der Waals surface area contributed by atoms with Gasteiger partial charge in [-0.2, -0.15) is 0 Å². The molecule has 0 aromatic heterocycles. The Morgan fingerprint density at radius 2 is 2.06 bits per heavy atom. The van der Waals surface area contributed by atoms with Gasteiger partial charge in [-0.25, -0.2) is 0 Å². The normalized spacial score (nSPS) is 15.7. The second-order valence-corrected chi connectivity index (χ2v) is 4.49. The van der Waals surface area contributed by atoms with Crippen LogP contribution in [0.15, 0.2) is 31.4 Å². The molecule has 0 radical (unpaired) electrons. The molecule has 1 aromatic carbocycles. The molecule has 90 valence electrons. The molecule has 0 atom stereocenters. The van der Waals surface area contributed by atoms with Crippen LogP contribution in [0, 0.1) is 0 Å². The molecule has 1 heterocycles. The minimum Gasteiger partial charge on any atom is -0.369 e. The van der Waals surface area contributed by atoms with Crippen LogP contribution in [0.1, 0.15) is 18.1 Å². The molecule has 0 unspecified atom stereocenters. The van der Waals surface area contributed by atoms with Crippen molar-refractivity contribution in [2.45, 2.75) is 6.92 Å². The van der Waals surface area contributed by atoms with E-state index in [0.717, 1.165) is 31.8 Å². The molecule has 0 bridgehead atoms. The second kappa shape index (κ2) is 5.19. The molecular weight excluding hydrogens is 208 g/mol. The molecule has 1 saturated heterocycles. The van der Waals surface area contributed by atoms with E-state index in [1.807, 2.05) is 13.0 Å². The monoisotopic (exact) mass is 228 g/mol. The van der Waals surface area contributed by atoms with Crippen molar-refractivity contribution in [1.82, 2.24) is 5.32 Å². The van der Waals surface area contributed by atoms with E-state index in [0.29, 0.717) is 0 Å². The van der Waals surface area contributed by atoms with Crippen LogP contribution < -0.4 is 10.2 Å². The van der Waals surface area contributed by atoms with E-state index in [1.165, 1.54) is 16.8 Å². The fourth-order valence-corrected chi connectivity index (χ4v) is 2.23. The highest BCUT2D eigenvalue weighted by Gasteiger charge is 2.11. The van der Waals surface area contributed by atoms with E-state index in [2.05, 4.69) is 41.6 Å². The quantitative estimate of drug-likeness (QED) is 0.855. The van der Waals surface area contributed by atoms with Crippen molar-refractivity contribution in [2.24, 2.45) is 0 Å². The van der Waals surface area contributed by atoms with Gasteiger partial charge in [-0.1, -0.05) is 30.9 Å². The average Bonchev–Trinajstić information content (AvgIpc) is 2.39. The molecule has 0 aliphatic carbocycles. The Labute approximate surface area is 104 Å². The summed E-state index contributed by atoms with van der Waals surface area (Å²) < 4.78 is 0. The predicted molar refractivity (Wildman–Crippen MR) is 76.3 cm³/mol. The van der Waals surface area contributed by atoms with Crippen LogP contribution in [0.2, 0.25) is 0 Å². The van der Waals surface area contributed by atoms with Crippen molar-refractivity contribution in [1.29, 1.82) is 0 Å². The van der Waals surface area contributed by atoms with Gasteiger partial charge in [-0.3, -0.25) is 0 Å². The Bertz CT molecular complexity index is 429. The summed E-state index contributed by atoms with van der Waals surface area (Å²) in [5, 5.41) is 3.37. The van der Waals surface area contributed by atoms with Gasteiger partial charge in [0.1, 0.15) is 0 Å². The maximum absolute atomic E-state index is 4.00. The molecule has 1 aromatic rings. The number of piperazine rings is 1. The predicted octanol–water partition coefficient (Wildman–Crippen LogP) is 2.77. The molecule has 1 fully saturated rings. The molecule has 17 heavy (non-hydrogen) atoms. The van der Waals surface area contributed by atoms with Crippen molar-refractivity contribution in [3.63, 3.8) is 0 Å². The lowest BCUT2D eigenvalue weighted by atomic mass is 10.0. The summed E-state index contributed by atoms with van der Waals surface area (Å²) in [5.41, 5.74) is 4.74. The highest BCUT2D eigenvalue weighted by molar-refractivity contribution is 5.74. The van der Waals surface area contributed by atoms with E-state index >= 15 is 0 Å². The van der Waals surface area contributed by atoms with Gasteiger partial charge in [0.05, 0.1) is 0 Å². The van der Waals surface area contributed by atoms with Crippen molar-refractivity contribution in [3.8, 4) is 0 Å². The smallest absolute Gasteiger partial charge is 0.0373 e. The van der Waals surface area contributed by atoms with E-state index in [9.17, 15) is 0 Å². The van der Waals surface area contributed by atoms with Gasteiger partial charge in [0, 0.05) is 31.9 Å². The van der Waals surface area contributed by atoms with Crippen molar-refractivity contribution in [2.75, 3.05) is 31.1 Å². The summed E-state index contributed by atoms with van der Waals surface area (Å²) >= 11 is 0. The van der Waals surface area contributed by atoms with Gasteiger partial charge < -0.3 is 10.2 Å². The Hall–Kier alpha value is -1.54. The standard InChI is InChI=1S/C15H20N2/c1-4-13-11-14(5-6-15(13)12(2)3)17-9-7-16-8-10-17/h4-6,11,16H,1-2,7-10H2,3H3. The number of nitrogens with zero attached hydrogens (tertiary/aromatic N) is 1. The lowest BCUT2D eigenvalue weighted by Gasteiger charge is -2.30. The Kier molecular flexibility index (Phi) is 3.64. The van der Waals surface area contributed by atoms with E-state index in [-0.39, 0.29) is 0 Å². The molecule has 0 spiro atoms. The van der Waals surface area contributed by atoms with Gasteiger partial charge in [-0.15, -0.1) is 0 Å². The average molecular weight is 228 g/mol. The Morgan fingerprint density at radius 3 is 2.65 bits per heavy atom. The SMILES string of the molecule is C=Cc1cc(N2CCNCC2)ccc1C(=C)C. The van der Waals surface area contributed by atoms with Gasteiger partial charge in [-0.05, 0) is 30.2 Å². The highest BCUT2D eigenvalue weighted by atomic mass is 15.2. The number of allylic oxidation sites excluding steroid dienone is 1. The van der Waals surface area contributed by atoms with Crippen LogP contribution in [0.3, 0.4) is 0 Å². The first kappa shape index (κ1) is 11.9. The summed E-state index contributed by atoms with van der Waals surface area (Å²) in [6.07, 6.45) is 1.91. The largest absolute Gasteiger partial charge is 0.369 e. The first-order valence-corrected chi connectivity index (χ1v) is 6.10. The molecule has 1 aliphatic rings. The lowest BCUT2D eigenvalue weighted by Crippen LogP contribution is -2.43. The number of nitrogens with one attached hydrogen (secondary N) is 1. The fraction of sp³-hybridized carbons (Fsp3) is 0.333. The Balaban J connectivity index is 2.30. The van der Waals surface area contributed by atoms with Crippen molar-refractivity contribution >= 4 is 17.3 Å². The zero-order chi connectivity index (χ0) is 12.3. The summed E-state index contributed by atoms with van der Waals surface area (Å²) in [6, 6.07) is 6.54. The second-order valence-electron chi connectivity index (χ2n) is 4.49. The van der Waals surface area contributed by atoms with Crippen LogP contribution in [-0.2, 0) is 0 Å².